The van der Waals surface area contributed by atoms with Crippen molar-refractivity contribution in [3.63, 3.8) is 0 Å². The Morgan fingerprint density at radius 3 is 2.54 bits per heavy atom. The van der Waals surface area contributed by atoms with E-state index in [2.05, 4.69) is 19.9 Å². The van der Waals surface area contributed by atoms with Crippen molar-refractivity contribution in [2.45, 2.75) is 25.3 Å². The van der Waals surface area contributed by atoms with Crippen LogP contribution in [0.2, 0.25) is 10.0 Å². The maximum absolute atomic E-state index is 6.13. The van der Waals surface area contributed by atoms with Gasteiger partial charge in [0.15, 0.2) is 5.82 Å². The van der Waals surface area contributed by atoms with Crippen LogP contribution in [-0.4, -0.2) is 54.4 Å². The highest BCUT2D eigenvalue weighted by atomic mass is 35.5. The van der Waals surface area contributed by atoms with Gasteiger partial charge in [-0.25, -0.2) is 0 Å². The summed E-state index contributed by atoms with van der Waals surface area (Å²) in [5, 5.41) is 5.36. The molecule has 2 aliphatic heterocycles. The molecule has 2 fully saturated rings. The van der Waals surface area contributed by atoms with Gasteiger partial charge in [0.05, 0.1) is 16.6 Å². The van der Waals surface area contributed by atoms with Crippen molar-refractivity contribution in [3.8, 4) is 0 Å². The first-order valence-corrected chi connectivity index (χ1v) is 9.77. The van der Waals surface area contributed by atoms with Crippen molar-refractivity contribution in [3.05, 3.63) is 40.0 Å². The van der Waals surface area contributed by atoms with Crippen molar-refractivity contribution in [1.82, 2.24) is 15.0 Å². The van der Waals surface area contributed by atoms with Gasteiger partial charge in [-0.3, -0.25) is 4.90 Å². The molecular formula is C18H22Cl2N4O2. The average molecular weight is 397 g/mol. The molecule has 26 heavy (non-hydrogen) atoms. The van der Waals surface area contributed by atoms with Crippen LogP contribution in [0, 0.1) is 0 Å². The molecule has 2 saturated heterocycles. The number of anilines is 1. The molecule has 0 N–H and O–H groups in total. The quantitative estimate of drug-likeness (QED) is 0.786. The maximum atomic E-state index is 6.13. The molecule has 0 unspecified atom stereocenters. The van der Waals surface area contributed by atoms with E-state index in [0.29, 0.717) is 16.0 Å². The summed E-state index contributed by atoms with van der Waals surface area (Å²) < 4.78 is 10.9. The summed E-state index contributed by atoms with van der Waals surface area (Å²) in [5.41, 5.74) is 1.11. The molecule has 0 saturated carbocycles. The zero-order chi connectivity index (χ0) is 17.9. The molecule has 2 aliphatic rings. The molecule has 140 valence electrons. The third kappa shape index (κ3) is 4.14. The predicted molar refractivity (Wildman–Crippen MR) is 101 cm³/mol. The van der Waals surface area contributed by atoms with E-state index in [9.17, 15) is 0 Å². The van der Waals surface area contributed by atoms with Crippen molar-refractivity contribution in [2.24, 2.45) is 0 Å². The summed E-state index contributed by atoms with van der Waals surface area (Å²) in [6, 6.07) is 5.80. The monoisotopic (exact) mass is 396 g/mol. The molecule has 3 heterocycles. The fourth-order valence-electron chi connectivity index (χ4n) is 3.49. The molecule has 1 aromatic carbocycles. The maximum Gasteiger partial charge on any atom is 0.229 e. The molecule has 2 aromatic rings. The lowest BCUT2D eigenvalue weighted by Gasteiger charge is -2.35. The first-order chi connectivity index (χ1) is 12.7. The topological polar surface area (TPSA) is 54.6 Å². The van der Waals surface area contributed by atoms with E-state index in [1.807, 2.05) is 18.2 Å². The summed E-state index contributed by atoms with van der Waals surface area (Å²) in [4.78, 5) is 9.28. The van der Waals surface area contributed by atoms with Crippen LogP contribution in [0.4, 0.5) is 5.69 Å². The van der Waals surface area contributed by atoms with Gasteiger partial charge in [-0.15, -0.1) is 0 Å². The minimum absolute atomic E-state index is 0.344. The number of piperazine rings is 1. The first kappa shape index (κ1) is 18.0. The Kier molecular flexibility index (Phi) is 5.64. The van der Waals surface area contributed by atoms with E-state index >= 15 is 0 Å². The summed E-state index contributed by atoms with van der Waals surface area (Å²) in [5.74, 6) is 1.88. The van der Waals surface area contributed by atoms with Gasteiger partial charge >= 0.3 is 0 Å². The van der Waals surface area contributed by atoms with E-state index < -0.39 is 0 Å². The van der Waals surface area contributed by atoms with Crippen molar-refractivity contribution in [1.29, 1.82) is 0 Å². The van der Waals surface area contributed by atoms with Gasteiger partial charge in [0.25, 0.3) is 0 Å². The fraction of sp³-hybridized carbons (Fsp3) is 0.556. The lowest BCUT2D eigenvalue weighted by molar-refractivity contribution is 0.0778. The third-order valence-corrected chi connectivity index (χ3v) is 5.80. The van der Waals surface area contributed by atoms with Gasteiger partial charge in [0, 0.05) is 51.0 Å². The van der Waals surface area contributed by atoms with Crippen LogP contribution in [0.25, 0.3) is 0 Å². The summed E-state index contributed by atoms with van der Waals surface area (Å²) in [6.45, 7) is 6.04. The molecule has 0 aliphatic carbocycles. The van der Waals surface area contributed by atoms with E-state index in [1.54, 1.807) is 0 Å². The minimum atomic E-state index is 0.344. The van der Waals surface area contributed by atoms with Crippen LogP contribution < -0.4 is 4.90 Å². The molecule has 0 amide bonds. The van der Waals surface area contributed by atoms with E-state index in [-0.39, 0.29) is 0 Å². The van der Waals surface area contributed by atoms with Crippen LogP contribution in [-0.2, 0) is 11.3 Å². The molecule has 6 nitrogen and oxygen atoms in total. The van der Waals surface area contributed by atoms with Gasteiger partial charge in [-0.2, -0.15) is 4.98 Å². The van der Waals surface area contributed by atoms with Gasteiger partial charge in [-0.05, 0) is 31.0 Å². The molecular weight excluding hydrogens is 375 g/mol. The number of halogens is 2. The first-order valence-electron chi connectivity index (χ1n) is 9.01. The SMILES string of the molecule is Clc1ccc(N2CCN(Cc3noc(C4CCOCC4)n3)CC2)cc1Cl. The Bertz CT molecular complexity index is 741. The van der Waals surface area contributed by atoms with Crippen LogP contribution in [0.1, 0.15) is 30.5 Å². The number of ether oxygens (including phenoxy) is 1. The highest BCUT2D eigenvalue weighted by Gasteiger charge is 2.24. The number of hydrogen-bond acceptors (Lipinski definition) is 6. The van der Waals surface area contributed by atoms with Gasteiger partial charge in [0.2, 0.25) is 5.89 Å². The van der Waals surface area contributed by atoms with Crippen LogP contribution in [0.3, 0.4) is 0 Å². The molecule has 1 aromatic heterocycles. The number of hydrogen-bond donors (Lipinski definition) is 0. The lowest BCUT2D eigenvalue weighted by atomic mass is 10.0. The zero-order valence-electron chi connectivity index (χ0n) is 14.5. The van der Waals surface area contributed by atoms with E-state index in [4.69, 9.17) is 32.5 Å². The molecule has 0 atom stereocenters. The Morgan fingerprint density at radius 1 is 1.04 bits per heavy atom. The van der Waals surface area contributed by atoms with Gasteiger partial charge in [-0.1, -0.05) is 28.4 Å². The summed E-state index contributed by atoms with van der Waals surface area (Å²) in [7, 11) is 0. The molecule has 8 heteroatoms. The second-order valence-electron chi connectivity index (χ2n) is 6.80. The minimum Gasteiger partial charge on any atom is -0.381 e. The average Bonchev–Trinajstić information content (AvgIpc) is 3.14. The standard InChI is InChI=1S/C18H22Cl2N4O2/c19-15-2-1-14(11-16(15)20)24-7-5-23(6-8-24)12-17-21-18(26-22-17)13-3-9-25-10-4-13/h1-2,11,13H,3-10,12H2. The number of aromatic nitrogens is 2. The zero-order valence-corrected chi connectivity index (χ0v) is 16.0. The normalized spacial score (nSPS) is 19.8. The van der Waals surface area contributed by atoms with E-state index in [1.165, 1.54) is 0 Å². The third-order valence-electron chi connectivity index (χ3n) is 5.06. The fourth-order valence-corrected chi connectivity index (χ4v) is 3.78. The van der Waals surface area contributed by atoms with Crippen LogP contribution in [0.15, 0.2) is 22.7 Å². The highest BCUT2D eigenvalue weighted by Crippen LogP contribution is 2.28. The Balaban J connectivity index is 1.31. The predicted octanol–water partition coefficient (Wildman–Crippen LogP) is 3.59. The molecule has 0 bridgehead atoms. The van der Waals surface area contributed by atoms with Gasteiger partial charge < -0.3 is 14.2 Å². The Hall–Kier alpha value is -1.34. The van der Waals surface area contributed by atoms with Crippen LogP contribution in [0.5, 0.6) is 0 Å². The van der Waals surface area contributed by atoms with Gasteiger partial charge in [0.1, 0.15) is 0 Å². The van der Waals surface area contributed by atoms with Crippen molar-refractivity contribution < 1.29 is 9.26 Å². The summed E-state index contributed by atoms with van der Waals surface area (Å²) >= 11 is 12.1. The van der Waals surface area contributed by atoms with E-state index in [0.717, 1.165) is 76.2 Å². The number of benzene rings is 1. The highest BCUT2D eigenvalue weighted by molar-refractivity contribution is 6.42. The van der Waals surface area contributed by atoms with Crippen molar-refractivity contribution >= 4 is 28.9 Å². The summed E-state index contributed by atoms with van der Waals surface area (Å²) in [6.07, 6.45) is 1.92. The van der Waals surface area contributed by atoms with Crippen molar-refractivity contribution in [2.75, 3.05) is 44.3 Å². The Morgan fingerprint density at radius 2 is 1.81 bits per heavy atom. The second-order valence-corrected chi connectivity index (χ2v) is 7.61. The largest absolute Gasteiger partial charge is 0.381 e. The Labute approximate surface area is 163 Å². The number of nitrogens with zero attached hydrogens (tertiary/aromatic N) is 4. The molecule has 0 spiro atoms. The second kappa shape index (κ2) is 8.13. The smallest absolute Gasteiger partial charge is 0.229 e. The van der Waals surface area contributed by atoms with Crippen LogP contribution >= 0.6 is 23.2 Å². The lowest BCUT2D eigenvalue weighted by Crippen LogP contribution is -2.46. The molecule has 0 radical (unpaired) electrons. The number of rotatable bonds is 4. The molecule has 4 rings (SSSR count).